The number of nitriles is 1. The van der Waals surface area contributed by atoms with E-state index in [0.717, 1.165) is 18.7 Å². The Labute approximate surface area is 172 Å². The molecule has 2 aromatic rings. The van der Waals surface area contributed by atoms with Gasteiger partial charge in [0.25, 0.3) is 5.91 Å². The standard InChI is InChI=1S/C23H29N5O/c1-17-6-7-19(14-18(17)2)21-20(15-28(26-21)13-5-10-24)22(29)25-16-23-8-3-11-27(23)12-4-9-23/h6-7,14-15H,3-5,8-9,11-13,16H2,1-2H3,(H,25,29). The average molecular weight is 392 g/mol. The van der Waals surface area contributed by atoms with Crippen molar-refractivity contribution in [3.05, 3.63) is 41.1 Å². The highest BCUT2D eigenvalue weighted by atomic mass is 16.1. The number of hydrogen-bond donors (Lipinski definition) is 1. The van der Waals surface area contributed by atoms with Crippen molar-refractivity contribution in [2.24, 2.45) is 0 Å². The molecule has 0 radical (unpaired) electrons. The van der Waals surface area contributed by atoms with Crippen molar-refractivity contribution in [2.75, 3.05) is 19.6 Å². The molecular formula is C23H29N5O. The van der Waals surface area contributed by atoms with Crippen LogP contribution in [-0.4, -0.2) is 45.8 Å². The lowest BCUT2D eigenvalue weighted by atomic mass is 9.94. The Morgan fingerprint density at radius 3 is 2.69 bits per heavy atom. The van der Waals surface area contributed by atoms with Gasteiger partial charge in [0.15, 0.2) is 0 Å². The van der Waals surface area contributed by atoms with Crippen molar-refractivity contribution < 1.29 is 4.79 Å². The minimum Gasteiger partial charge on any atom is -0.350 e. The summed E-state index contributed by atoms with van der Waals surface area (Å²) in [5.74, 6) is -0.0745. The molecule has 0 spiro atoms. The third-order valence-corrected chi connectivity index (χ3v) is 6.63. The van der Waals surface area contributed by atoms with Gasteiger partial charge in [0.2, 0.25) is 0 Å². The number of benzene rings is 1. The quantitative estimate of drug-likeness (QED) is 0.819. The molecule has 0 unspecified atom stereocenters. The molecule has 0 atom stereocenters. The van der Waals surface area contributed by atoms with Crippen molar-refractivity contribution in [2.45, 2.75) is 58.0 Å². The van der Waals surface area contributed by atoms with Crippen LogP contribution in [0.3, 0.4) is 0 Å². The molecule has 1 aromatic carbocycles. The number of amides is 1. The third kappa shape index (κ3) is 3.79. The van der Waals surface area contributed by atoms with Crippen LogP contribution in [0, 0.1) is 25.2 Å². The number of carbonyl (C=O) groups excluding carboxylic acids is 1. The number of rotatable bonds is 6. The van der Waals surface area contributed by atoms with Gasteiger partial charge in [-0.2, -0.15) is 10.4 Å². The van der Waals surface area contributed by atoms with Gasteiger partial charge in [0.1, 0.15) is 5.69 Å². The summed E-state index contributed by atoms with van der Waals surface area (Å²) in [6.45, 7) is 7.62. The van der Waals surface area contributed by atoms with E-state index in [9.17, 15) is 4.79 Å². The molecule has 6 nitrogen and oxygen atoms in total. The zero-order chi connectivity index (χ0) is 20.4. The summed E-state index contributed by atoms with van der Waals surface area (Å²) in [4.78, 5) is 15.7. The molecule has 2 saturated heterocycles. The van der Waals surface area contributed by atoms with E-state index in [-0.39, 0.29) is 11.4 Å². The average Bonchev–Trinajstić information content (AvgIpc) is 3.40. The number of fused-ring (bicyclic) bond motifs is 1. The molecule has 2 aliphatic heterocycles. The van der Waals surface area contributed by atoms with E-state index in [1.807, 2.05) is 6.07 Å². The molecule has 6 heteroatoms. The molecule has 0 aliphatic carbocycles. The molecule has 152 valence electrons. The predicted octanol–water partition coefficient (Wildman–Crippen LogP) is 3.44. The van der Waals surface area contributed by atoms with Crippen molar-refractivity contribution in [3.8, 4) is 17.3 Å². The highest BCUT2D eigenvalue weighted by Crippen LogP contribution is 2.38. The number of carbonyl (C=O) groups is 1. The first-order chi connectivity index (χ1) is 14.0. The van der Waals surface area contributed by atoms with Gasteiger partial charge in [-0.3, -0.25) is 14.4 Å². The summed E-state index contributed by atoms with van der Waals surface area (Å²) >= 11 is 0. The first-order valence-corrected chi connectivity index (χ1v) is 10.6. The molecule has 2 fully saturated rings. The van der Waals surface area contributed by atoms with Crippen molar-refractivity contribution in [1.29, 1.82) is 5.26 Å². The monoisotopic (exact) mass is 391 g/mol. The van der Waals surface area contributed by atoms with Gasteiger partial charge in [-0.1, -0.05) is 12.1 Å². The number of nitrogens with zero attached hydrogens (tertiary/aromatic N) is 4. The van der Waals surface area contributed by atoms with Crippen LogP contribution in [0.15, 0.2) is 24.4 Å². The van der Waals surface area contributed by atoms with Crippen LogP contribution in [0.25, 0.3) is 11.3 Å². The lowest BCUT2D eigenvalue weighted by Crippen LogP contribution is -2.48. The largest absolute Gasteiger partial charge is 0.350 e. The molecule has 2 aliphatic rings. The maximum absolute atomic E-state index is 13.2. The number of nitrogens with one attached hydrogen (secondary N) is 1. The zero-order valence-electron chi connectivity index (χ0n) is 17.4. The minimum absolute atomic E-state index is 0.0745. The second-order valence-corrected chi connectivity index (χ2v) is 8.46. The van der Waals surface area contributed by atoms with E-state index in [1.54, 1.807) is 10.9 Å². The van der Waals surface area contributed by atoms with Gasteiger partial charge in [0.05, 0.1) is 24.6 Å². The summed E-state index contributed by atoms with van der Waals surface area (Å²) in [7, 11) is 0. The van der Waals surface area contributed by atoms with Crippen LogP contribution in [0.4, 0.5) is 0 Å². The van der Waals surface area contributed by atoms with Crippen molar-refractivity contribution in [1.82, 2.24) is 20.0 Å². The van der Waals surface area contributed by atoms with E-state index in [2.05, 4.69) is 47.4 Å². The van der Waals surface area contributed by atoms with Crippen molar-refractivity contribution in [3.63, 3.8) is 0 Å². The molecule has 0 bridgehead atoms. The van der Waals surface area contributed by atoms with Crippen LogP contribution in [-0.2, 0) is 6.54 Å². The first kappa shape index (κ1) is 19.7. The molecule has 3 heterocycles. The Bertz CT molecular complexity index is 945. The second kappa shape index (κ2) is 8.00. The highest BCUT2D eigenvalue weighted by molar-refractivity contribution is 5.99. The van der Waals surface area contributed by atoms with Gasteiger partial charge in [-0.05, 0) is 69.8 Å². The maximum atomic E-state index is 13.2. The summed E-state index contributed by atoms with van der Waals surface area (Å²) in [5, 5.41) is 16.8. The van der Waals surface area contributed by atoms with Gasteiger partial charge in [-0.15, -0.1) is 0 Å². The lowest BCUT2D eigenvalue weighted by Gasteiger charge is -2.32. The van der Waals surface area contributed by atoms with Crippen LogP contribution < -0.4 is 5.32 Å². The van der Waals surface area contributed by atoms with E-state index >= 15 is 0 Å². The smallest absolute Gasteiger partial charge is 0.255 e. The predicted molar refractivity (Wildman–Crippen MR) is 112 cm³/mol. The Hall–Kier alpha value is -2.65. The number of hydrogen-bond acceptors (Lipinski definition) is 4. The number of aryl methyl sites for hydroxylation is 3. The summed E-state index contributed by atoms with van der Waals surface area (Å²) in [6, 6.07) is 8.31. The van der Waals surface area contributed by atoms with Gasteiger partial charge in [0, 0.05) is 23.8 Å². The summed E-state index contributed by atoms with van der Waals surface area (Å²) in [6.07, 6.45) is 6.92. The fourth-order valence-corrected chi connectivity index (χ4v) is 4.82. The van der Waals surface area contributed by atoms with Crippen LogP contribution in [0.5, 0.6) is 0 Å². The van der Waals surface area contributed by atoms with Crippen LogP contribution in [0.1, 0.15) is 53.6 Å². The molecule has 4 rings (SSSR count). The zero-order valence-corrected chi connectivity index (χ0v) is 17.4. The van der Waals surface area contributed by atoms with E-state index in [0.29, 0.717) is 30.8 Å². The highest BCUT2D eigenvalue weighted by Gasteiger charge is 2.44. The normalized spacial score (nSPS) is 17.8. The molecule has 0 saturated carbocycles. The minimum atomic E-state index is -0.0745. The maximum Gasteiger partial charge on any atom is 0.255 e. The van der Waals surface area contributed by atoms with E-state index < -0.39 is 0 Å². The van der Waals surface area contributed by atoms with Gasteiger partial charge >= 0.3 is 0 Å². The summed E-state index contributed by atoms with van der Waals surface area (Å²) < 4.78 is 1.72. The lowest BCUT2D eigenvalue weighted by molar-refractivity contribution is 0.0920. The number of aromatic nitrogens is 2. The molecule has 1 N–H and O–H groups in total. The molecular weight excluding hydrogens is 362 g/mol. The van der Waals surface area contributed by atoms with Crippen molar-refractivity contribution >= 4 is 5.91 Å². The van der Waals surface area contributed by atoms with Gasteiger partial charge < -0.3 is 5.32 Å². The van der Waals surface area contributed by atoms with Crippen LogP contribution >= 0.6 is 0 Å². The molecule has 29 heavy (non-hydrogen) atoms. The fourth-order valence-electron chi connectivity index (χ4n) is 4.82. The Morgan fingerprint density at radius 2 is 2.00 bits per heavy atom. The van der Waals surface area contributed by atoms with Crippen LogP contribution in [0.2, 0.25) is 0 Å². The second-order valence-electron chi connectivity index (χ2n) is 8.46. The van der Waals surface area contributed by atoms with E-state index in [1.165, 1.54) is 36.8 Å². The Morgan fingerprint density at radius 1 is 1.24 bits per heavy atom. The Balaban J connectivity index is 1.59. The first-order valence-electron chi connectivity index (χ1n) is 10.6. The van der Waals surface area contributed by atoms with E-state index in [4.69, 9.17) is 5.26 Å². The SMILES string of the molecule is Cc1ccc(-c2nn(CCC#N)cc2C(=O)NCC23CCCN2CCC3)cc1C. The topological polar surface area (TPSA) is 73.9 Å². The fraction of sp³-hybridized carbons (Fsp3) is 0.522. The Kier molecular flexibility index (Phi) is 5.42. The molecule has 1 aromatic heterocycles. The van der Waals surface area contributed by atoms with Gasteiger partial charge in [-0.25, -0.2) is 0 Å². The molecule has 1 amide bonds. The summed E-state index contributed by atoms with van der Waals surface area (Å²) in [5.41, 5.74) is 4.75. The third-order valence-electron chi connectivity index (χ3n) is 6.63.